The first-order valence-electron chi connectivity index (χ1n) is 8.09. The van der Waals surface area contributed by atoms with Crippen LogP contribution in [0.2, 0.25) is 0 Å². The van der Waals surface area contributed by atoms with E-state index in [1.54, 1.807) is 0 Å². The highest BCUT2D eigenvalue weighted by Crippen LogP contribution is 2.23. The molecule has 4 nitrogen and oxygen atoms in total. The Hall–Kier alpha value is -1.55. The largest absolute Gasteiger partial charge is 0.444 e. The van der Waals surface area contributed by atoms with Gasteiger partial charge < -0.3 is 14.8 Å². The number of nitrogens with one attached hydrogen (secondary N) is 1. The van der Waals surface area contributed by atoms with Crippen molar-refractivity contribution in [1.82, 2.24) is 5.32 Å². The quantitative estimate of drug-likeness (QED) is 0.913. The van der Waals surface area contributed by atoms with Crippen LogP contribution in [0.25, 0.3) is 0 Å². The fourth-order valence-corrected chi connectivity index (χ4v) is 2.70. The minimum Gasteiger partial charge on any atom is -0.444 e. The maximum atomic E-state index is 12.0. The predicted octanol–water partition coefficient (Wildman–Crippen LogP) is 4.04. The Balaban J connectivity index is 1.86. The van der Waals surface area contributed by atoms with E-state index in [2.05, 4.69) is 17.4 Å². The highest BCUT2D eigenvalue weighted by Gasteiger charge is 2.29. The topological polar surface area (TPSA) is 47.6 Å². The van der Waals surface area contributed by atoms with Crippen LogP contribution in [-0.4, -0.2) is 23.8 Å². The van der Waals surface area contributed by atoms with Gasteiger partial charge in [0.05, 0.1) is 18.8 Å². The zero-order valence-corrected chi connectivity index (χ0v) is 13.8. The third-order valence-corrected chi connectivity index (χ3v) is 3.71. The zero-order valence-electron chi connectivity index (χ0n) is 13.8. The lowest BCUT2D eigenvalue weighted by atomic mass is 9.92. The first kappa shape index (κ1) is 16.8. The van der Waals surface area contributed by atoms with Gasteiger partial charge in [0, 0.05) is 0 Å². The van der Waals surface area contributed by atoms with Gasteiger partial charge >= 0.3 is 6.09 Å². The standard InChI is InChI=1S/C18H27NO3/c1-18(2,3)22-17(20)19-15-11-7-8-12-16(15)21-13-14-9-5-4-6-10-14/h4-6,9-10,15-16H,7-8,11-13H2,1-3H3,(H,19,20)/t15-,16?/m0/s1. The molecule has 0 aliphatic heterocycles. The molecule has 1 aromatic rings. The maximum absolute atomic E-state index is 12.0. The summed E-state index contributed by atoms with van der Waals surface area (Å²) in [6.45, 7) is 6.20. The van der Waals surface area contributed by atoms with Crippen molar-refractivity contribution in [2.75, 3.05) is 0 Å². The Morgan fingerprint density at radius 1 is 1.18 bits per heavy atom. The molecule has 0 spiro atoms. The third-order valence-electron chi connectivity index (χ3n) is 3.71. The molecule has 1 aliphatic rings. The zero-order chi connectivity index (χ0) is 16.0. The molecule has 0 radical (unpaired) electrons. The fraction of sp³-hybridized carbons (Fsp3) is 0.611. The van der Waals surface area contributed by atoms with E-state index in [1.165, 1.54) is 0 Å². The fourth-order valence-electron chi connectivity index (χ4n) is 2.70. The van der Waals surface area contributed by atoms with E-state index in [9.17, 15) is 4.79 Å². The number of rotatable bonds is 4. The summed E-state index contributed by atoms with van der Waals surface area (Å²) in [5.74, 6) is 0. The Morgan fingerprint density at radius 3 is 2.55 bits per heavy atom. The van der Waals surface area contributed by atoms with Gasteiger partial charge in [0.2, 0.25) is 0 Å². The normalized spacial score (nSPS) is 22.1. The number of alkyl carbamates (subject to hydrolysis) is 1. The molecule has 2 rings (SSSR count). The van der Waals surface area contributed by atoms with Gasteiger partial charge in [-0.25, -0.2) is 4.79 Å². The monoisotopic (exact) mass is 305 g/mol. The highest BCUT2D eigenvalue weighted by molar-refractivity contribution is 5.68. The van der Waals surface area contributed by atoms with Gasteiger partial charge in [-0.2, -0.15) is 0 Å². The van der Waals surface area contributed by atoms with Crippen molar-refractivity contribution in [3.05, 3.63) is 35.9 Å². The maximum Gasteiger partial charge on any atom is 0.407 e. The van der Waals surface area contributed by atoms with Gasteiger partial charge in [0.1, 0.15) is 5.60 Å². The summed E-state index contributed by atoms with van der Waals surface area (Å²) in [6.07, 6.45) is 3.89. The van der Waals surface area contributed by atoms with Crippen LogP contribution in [0.5, 0.6) is 0 Å². The van der Waals surface area contributed by atoms with Crippen molar-refractivity contribution in [2.45, 2.75) is 70.8 Å². The smallest absolute Gasteiger partial charge is 0.407 e. The Morgan fingerprint density at radius 2 is 1.86 bits per heavy atom. The van der Waals surface area contributed by atoms with Crippen LogP contribution >= 0.6 is 0 Å². The van der Waals surface area contributed by atoms with E-state index < -0.39 is 5.60 Å². The van der Waals surface area contributed by atoms with Crippen LogP contribution in [0.15, 0.2) is 30.3 Å². The molecule has 1 aromatic carbocycles. The third kappa shape index (κ3) is 5.68. The SMILES string of the molecule is CC(C)(C)OC(=O)N[C@H]1CCCCC1OCc1ccccc1. The number of benzene rings is 1. The van der Waals surface area contributed by atoms with Crippen LogP contribution in [0.1, 0.15) is 52.0 Å². The first-order chi connectivity index (χ1) is 10.4. The van der Waals surface area contributed by atoms with Crippen LogP contribution in [0, 0.1) is 0 Å². The van der Waals surface area contributed by atoms with E-state index in [0.717, 1.165) is 31.2 Å². The lowest BCUT2D eigenvalue weighted by Crippen LogP contribution is -2.47. The average Bonchev–Trinajstić information content (AvgIpc) is 2.45. The minimum absolute atomic E-state index is 0.0345. The lowest BCUT2D eigenvalue weighted by molar-refractivity contribution is -0.0113. The summed E-state index contributed by atoms with van der Waals surface area (Å²) < 4.78 is 11.4. The first-order valence-corrected chi connectivity index (χ1v) is 8.09. The molecule has 1 amide bonds. The lowest BCUT2D eigenvalue weighted by Gasteiger charge is -2.32. The van der Waals surface area contributed by atoms with E-state index in [1.807, 2.05) is 39.0 Å². The molecule has 2 atom stereocenters. The van der Waals surface area contributed by atoms with Gasteiger partial charge in [-0.1, -0.05) is 43.2 Å². The molecule has 0 saturated heterocycles. The molecule has 1 saturated carbocycles. The Kier molecular flexibility index (Phi) is 5.83. The molecular formula is C18H27NO3. The van der Waals surface area contributed by atoms with Crippen molar-refractivity contribution in [3.63, 3.8) is 0 Å². The van der Waals surface area contributed by atoms with Crippen LogP contribution in [0.3, 0.4) is 0 Å². The average molecular weight is 305 g/mol. The Labute approximate surface area is 133 Å². The van der Waals surface area contributed by atoms with Crippen molar-refractivity contribution in [1.29, 1.82) is 0 Å². The molecule has 4 heteroatoms. The second kappa shape index (κ2) is 7.63. The van der Waals surface area contributed by atoms with Gasteiger partial charge in [-0.05, 0) is 39.2 Å². The van der Waals surface area contributed by atoms with Crippen molar-refractivity contribution in [3.8, 4) is 0 Å². The Bertz CT molecular complexity index is 467. The molecular weight excluding hydrogens is 278 g/mol. The minimum atomic E-state index is -0.473. The van der Waals surface area contributed by atoms with Crippen LogP contribution < -0.4 is 5.32 Å². The molecule has 0 bridgehead atoms. The molecule has 0 aromatic heterocycles. The number of carbonyl (C=O) groups is 1. The van der Waals surface area contributed by atoms with Gasteiger partial charge in [-0.15, -0.1) is 0 Å². The summed E-state index contributed by atoms with van der Waals surface area (Å²) in [5, 5.41) is 2.98. The number of amides is 1. The summed E-state index contributed by atoms with van der Waals surface area (Å²) in [7, 11) is 0. The summed E-state index contributed by atoms with van der Waals surface area (Å²) in [4.78, 5) is 12.0. The summed E-state index contributed by atoms with van der Waals surface area (Å²) in [5.41, 5.74) is 0.683. The molecule has 0 heterocycles. The van der Waals surface area contributed by atoms with Crippen molar-refractivity contribution < 1.29 is 14.3 Å². The predicted molar refractivity (Wildman–Crippen MR) is 86.6 cm³/mol. The molecule has 1 fully saturated rings. The molecule has 1 N–H and O–H groups in total. The van der Waals surface area contributed by atoms with Crippen molar-refractivity contribution >= 4 is 6.09 Å². The van der Waals surface area contributed by atoms with Gasteiger partial charge in [0.25, 0.3) is 0 Å². The van der Waals surface area contributed by atoms with Crippen LogP contribution in [-0.2, 0) is 16.1 Å². The molecule has 1 unspecified atom stereocenters. The van der Waals surface area contributed by atoms with Crippen molar-refractivity contribution in [2.24, 2.45) is 0 Å². The summed E-state index contributed by atoms with van der Waals surface area (Å²) >= 11 is 0. The second-order valence-corrected chi connectivity index (χ2v) is 6.87. The molecule has 1 aliphatic carbocycles. The number of ether oxygens (including phenoxy) is 2. The number of carbonyl (C=O) groups excluding carboxylic acids is 1. The number of hydrogen-bond acceptors (Lipinski definition) is 3. The van der Waals surface area contributed by atoms with Gasteiger partial charge in [-0.3, -0.25) is 0 Å². The van der Waals surface area contributed by atoms with E-state index in [4.69, 9.17) is 9.47 Å². The van der Waals surface area contributed by atoms with Crippen LogP contribution in [0.4, 0.5) is 4.79 Å². The van der Waals surface area contributed by atoms with E-state index in [0.29, 0.717) is 6.61 Å². The molecule has 122 valence electrons. The van der Waals surface area contributed by atoms with E-state index in [-0.39, 0.29) is 18.2 Å². The highest BCUT2D eigenvalue weighted by atomic mass is 16.6. The number of hydrogen-bond donors (Lipinski definition) is 1. The molecule has 22 heavy (non-hydrogen) atoms. The summed E-state index contributed by atoms with van der Waals surface area (Å²) in [6, 6.07) is 10.2. The van der Waals surface area contributed by atoms with E-state index >= 15 is 0 Å². The second-order valence-electron chi connectivity index (χ2n) is 6.87. The van der Waals surface area contributed by atoms with Gasteiger partial charge in [0.15, 0.2) is 0 Å².